The van der Waals surface area contributed by atoms with Crippen molar-refractivity contribution in [3.63, 3.8) is 0 Å². The van der Waals surface area contributed by atoms with Crippen LogP contribution in [0.3, 0.4) is 0 Å². The number of ether oxygens (including phenoxy) is 2. The van der Waals surface area contributed by atoms with Crippen molar-refractivity contribution >= 4 is 23.0 Å². The largest absolute Gasteiger partial charge is 0.493 e. The second kappa shape index (κ2) is 11.4. The molecule has 1 saturated heterocycles. The van der Waals surface area contributed by atoms with Gasteiger partial charge in [-0.15, -0.1) is 0 Å². The number of fused-ring (bicyclic) bond motifs is 1. The van der Waals surface area contributed by atoms with Gasteiger partial charge < -0.3 is 25.1 Å². The number of nitrogens with zero attached hydrogens (tertiary/aromatic N) is 4. The number of nitrogens with one attached hydrogen (secondary N) is 3. The van der Waals surface area contributed by atoms with Crippen molar-refractivity contribution in [3.05, 3.63) is 65.8 Å². The Balaban J connectivity index is 1.37. The van der Waals surface area contributed by atoms with Gasteiger partial charge in [-0.2, -0.15) is 10.4 Å². The van der Waals surface area contributed by atoms with Crippen molar-refractivity contribution in [2.75, 3.05) is 27.3 Å². The van der Waals surface area contributed by atoms with Crippen LogP contribution in [0.2, 0.25) is 0 Å². The molecule has 1 aromatic carbocycles. The first-order valence-corrected chi connectivity index (χ1v) is 12.9. The monoisotopic (exact) mass is 525 g/mol. The molecule has 39 heavy (non-hydrogen) atoms. The van der Waals surface area contributed by atoms with Gasteiger partial charge in [-0.1, -0.05) is 6.07 Å². The van der Waals surface area contributed by atoms with Crippen LogP contribution in [0, 0.1) is 11.3 Å². The highest BCUT2D eigenvalue weighted by atomic mass is 16.5. The molecule has 0 aliphatic carbocycles. The molecule has 0 radical (unpaired) electrons. The highest BCUT2D eigenvalue weighted by molar-refractivity contribution is 6.04. The number of carbonyl (C=O) groups is 1. The summed E-state index contributed by atoms with van der Waals surface area (Å²) in [4.78, 5) is 20.7. The number of hydrogen-bond acceptors (Lipinski definition) is 7. The fraction of sp³-hybridized carbons (Fsp3) is 0.310. The minimum Gasteiger partial charge on any atom is -0.493 e. The van der Waals surface area contributed by atoms with Crippen LogP contribution < -0.4 is 20.1 Å². The molecule has 4 aromatic rings. The van der Waals surface area contributed by atoms with Crippen LogP contribution in [-0.4, -0.2) is 53.0 Å². The third-order valence-electron chi connectivity index (χ3n) is 7.10. The minimum absolute atomic E-state index is 0.00708. The Hall–Kier alpha value is -4.62. The lowest BCUT2D eigenvalue weighted by atomic mass is 10.1. The number of aromatic amines is 1. The SMILES string of the molecule is COc1ccc([C@@H](C)NC(=O)/C(C#N)=C/c2c[nH]c3ncc(-c4cnn(C5CCNCC5)c4)cc23)cc1OC. The second-order valence-electron chi connectivity index (χ2n) is 9.53. The van der Waals surface area contributed by atoms with Gasteiger partial charge in [0.05, 0.1) is 32.5 Å². The fourth-order valence-electron chi connectivity index (χ4n) is 4.84. The zero-order chi connectivity index (χ0) is 27.4. The first-order valence-electron chi connectivity index (χ1n) is 12.9. The normalized spacial score (nSPS) is 15.1. The molecule has 4 heterocycles. The van der Waals surface area contributed by atoms with Crippen molar-refractivity contribution in [2.24, 2.45) is 0 Å². The predicted molar refractivity (Wildman–Crippen MR) is 148 cm³/mol. The van der Waals surface area contributed by atoms with Crippen LogP contribution in [0.1, 0.15) is 43.0 Å². The Morgan fingerprint density at radius 3 is 2.72 bits per heavy atom. The standard InChI is InChI=1S/C29H31N7O3/c1-18(19-4-5-26(38-2)27(12-19)39-3)35-29(37)20(13-30)10-22-15-33-28-25(22)11-21(14-32-28)23-16-34-36(17-23)24-6-8-31-9-7-24/h4-5,10-12,14-18,24,31H,6-9H2,1-3H3,(H,32,33)(H,35,37)/b20-10+/t18-/m1/s1. The maximum absolute atomic E-state index is 13.0. The van der Waals surface area contributed by atoms with Gasteiger partial charge in [0, 0.05) is 40.7 Å². The summed E-state index contributed by atoms with van der Waals surface area (Å²) in [5.41, 5.74) is 4.09. The molecule has 1 aliphatic heterocycles. The van der Waals surface area contributed by atoms with Crippen LogP contribution >= 0.6 is 0 Å². The molecule has 0 saturated carbocycles. The first-order chi connectivity index (χ1) is 19.0. The Bertz CT molecular complexity index is 1560. The predicted octanol–water partition coefficient (Wildman–Crippen LogP) is 4.15. The third kappa shape index (κ3) is 5.49. The molecule has 0 spiro atoms. The minimum atomic E-state index is -0.471. The summed E-state index contributed by atoms with van der Waals surface area (Å²) in [5, 5.41) is 21.5. The van der Waals surface area contributed by atoms with Crippen molar-refractivity contribution in [1.82, 2.24) is 30.4 Å². The summed E-state index contributed by atoms with van der Waals surface area (Å²) in [6.07, 6.45) is 11.2. The zero-order valence-electron chi connectivity index (χ0n) is 22.2. The Morgan fingerprint density at radius 2 is 1.97 bits per heavy atom. The van der Waals surface area contributed by atoms with Crippen LogP contribution in [-0.2, 0) is 4.79 Å². The number of H-pyrrole nitrogens is 1. The van der Waals surface area contributed by atoms with E-state index in [0.717, 1.165) is 48.0 Å². The average Bonchev–Trinajstić information content (AvgIpc) is 3.63. The number of benzene rings is 1. The molecule has 10 heteroatoms. The van der Waals surface area contributed by atoms with Gasteiger partial charge in [0.15, 0.2) is 11.5 Å². The summed E-state index contributed by atoms with van der Waals surface area (Å²) in [7, 11) is 3.13. The maximum Gasteiger partial charge on any atom is 0.262 e. The number of carbonyl (C=O) groups excluding carboxylic acids is 1. The van der Waals surface area contributed by atoms with Gasteiger partial charge in [-0.05, 0) is 62.7 Å². The molecule has 5 rings (SSSR count). The van der Waals surface area contributed by atoms with E-state index in [9.17, 15) is 10.1 Å². The van der Waals surface area contributed by atoms with Gasteiger partial charge in [0.25, 0.3) is 5.91 Å². The lowest BCUT2D eigenvalue weighted by Gasteiger charge is -2.22. The van der Waals surface area contributed by atoms with E-state index in [0.29, 0.717) is 28.8 Å². The van der Waals surface area contributed by atoms with E-state index < -0.39 is 5.91 Å². The smallest absolute Gasteiger partial charge is 0.262 e. The Morgan fingerprint density at radius 1 is 1.18 bits per heavy atom. The average molecular weight is 526 g/mol. The first kappa shape index (κ1) is 26.0. The summed E-state index contributed by atoms with van der Waals surface area (Å²) in [6, 6.07) is 9.51. The number of piperidine rings is 1. The lowest BCUT2D eigenvalue weighted by Crippen LogP contribution is -2.29. The zero-order valence-corrected chi connectivity index (χ0v) is 22.2. The molecule has 3 N–H and O–H groups in total. The van der Waals surface area contributed by atoms with Crippen molar-refractivity contribution in [3.8, 4) is 28.7 Å². The molecule has 1 fully saturated rings. The molecular formula is C29H31N7O3. The van der Waals surface area contributed by atoms with E-state index in [1.54, 1.807) is 44.8 Å². The molecule has 1 amide bonds. The highest BCUT2D eigenvalue weighted by Crippen LogP contribution is 2.30. The lowest BCUT2D eigenvalue weighted by molar-refractivity contribution is -0.117. The molecule has 10 nitrogen and oxygen atoms in total. The van der Waals surface area contributed by atoms with E-state index in [-0.39, 0.29) is 11.6 Å². The third-order valence-corrected chi connectivity index (χ3v) is 7.10. The summed E-state index contributed by atoms with van der Waals surface area (Å²) >= 11 is 0. The van der Waals surface area contributed by atoms with Crippen LogP contribution in [0.4, 0.5) is 0 Å². The van der Waals surface area contributed by atoms with Crippen LogP contribution in [0.5, 0.6) is 11.5 Å². The number of aromatic nitrogens is 4. The number of hydrogen-bond donors (Lipinski definition) is 3. The Labute approximate surface area is 226 Å². The maximum atomic E-state index is 13.0. The van der Waals surface area contributed by atoms with Crippen LogP contribution in [0.25, 0.3) is 28.2 Å². The molecule has 0 unspecified atom stereocenters. The van der Waals surface area contributed by atoms with E-state index in [1.165, 1.54) is 0 Å². The molecule has 3 aromatic heterocycles. The van der Waals surface area contributed by atoms with Crippen molar-refractivity contribution in [1.29, 1.82) is 5.26 Å². The van der Waals surface area contributed by atoms with E-state index in [2.05, 4.69) is 31.9 Å². The van der Waals surface area contributed by atoms with Gasteiger partial charge in [-0.25, -0.2) is 4.98 Å². The number of amides is 1. The number of rotatable bonds is 8. The summed E-state index contributed by atoms with van der Waals surface area (Å²) in [5.74, 6) is 0.695. The van der Waals surface area contributed by atoms with Gasteiger partial charge in [0.1, 0.15) is 17.3 Å². The van der Waals surface area contributed by atoms with Gasteiger partial charge in [-0.3, -0.25) is 9.48 Å². The molecular weight excluding hydrogens is 494 g/mol. The van der Waals surface area contributed by atoms with Crippen LogP contribution in [0.15, 0.2) is 54.6 Å². The number of pyridine rings is 1. The number of nitriles is 1. The van der Waals surface area contributed by atoms with E-state index in [4.69, 9.17) is 9.47 Å². The number of methoxy groups -OCH3 is 2. The summed E-state index contributed by atoms with van der Waals surface area (Å²) < 4.78 is 12.7. The Kier molecular flexibility index (Phi) is 7.61. The fourth-order valence-corrected chi connectivity index (χ4v) is 4.84. The molecule has 200 valence electrons. The van der Waals surface area contributed by atoms with Gasteiger partial charge in [0.2, 0.25) is 0 Å². The topological polar surface area (TPSA) is 130 Å². The second-order valence-corrected chi connectivity index (χ2v) is 9.53. The van der Waals surface area contributed by atoms with Crippen molar-refractivity contribution in [2.45, 2.75) is 31.8 Å². The van der Waals surface area contributed by atoms with Crippen molar-refractivity contribution < 1.29 is 14.3 Å². The summed E-state index contributed by atoms with van der Waals surface area (Å²) in [6.45, 7) is 3.84. The molecule has 1 aliphatic rings. The van der Waals surface area contributed by atoms with Gasteiger partial charge >= 0.3 is 0 Å². The quantitative estimate of drug-likeness (QED) is 0.233. The van der Waals surface area contributed by atoms with E-state index >= 15 is 0 Å². The highest BCUT2D eigenvalue weighted by Gasteiger charge is 2.18. The molecule has 1 atom stereocenters. The molecule has 0 bridgehead atoms. The van der Waals surface area contributed by atoms with E-state index in [1.807, 2.05) is 36.0 Å².